The van der Waals surface area contributed by atoms with Gasteiger partial charge in [0.2, 0.25) is 0 Å². The van der Waals surface area contributed by atoms with Crippen molar-refractivity contribution < 1.29 is 14.3 Å². The first kappa shape index (κ1) is 13.0. The van der Waals surface area contributed by atoms with Crippen LogP contribution in [0, 0.1) is 11.8 Å². The van der Waals surface area contributed by atoms with E-state index in [1.54, 1.807) is 6.92 Å². The van der Waals surface area contributed by atoms with Crippen LogP contribution in [0.5, 0.6) is 0 Å². The predicted molar refractivity (Wildman–Crippen MR) is 54.7 cm³/mol. The van der Waals surface area contributed by atoms with Gasteiger partial charge in [-0.15, -0.1) is 5.92 Å². The zero-order valence-corrected chi connectivity index (χ0v) is 9.35. The lowest BCUT2D eigenvalue weighted by atomic mass is 10.2. The Morgan fingerprint density at radius 2 is 2.00 bits per heavy atom. The SMILES string of the molecule is CC#CCOCCC(=O)OC(C)(C)C. The van der Waals surface area contributed by atoms with E-state index in [4.69, 9.17) is 9.47 Å². The van der Waals surface area contributed by atoms with Crippen LogP contribution in [0.1, 0.15) is 34.1 Å². The highest BCUT2D eigenvalue weighted by Gasteiger charge is 2.15. The average molecular weight is 198 g/mol. The van der Waals surface area contributed by atoms with E-state index >= 15 is 0 Å². The monoisotopic (exact) mass is 198 g/mol. The van der Waals surface area contributed by atoms with Crippen LogP contribution in [0.2, 0.25) is 0 Å². The highest BCUT2D eigenvalue weighted by molar-refractivity contribution is 5.69. The summed E-state index contributed by atoms with van der Waals surface area (Å²) in [4.78, 5) is 11.2. The van der Waals surface area contributed by atoms with E-state index in [0.717, 1.165) is 0 Å². The summed E-state index contributed by atoms with van der Waals surface area (Å²) in [5.41, 5.74) is -0.416. The number of carbonyl (C=O) groups excluding carboxylic acids is 1. The first-order chi connectivity index (χ1) is 6.45. The normalized spacial score (nSPS) is 10.3. The lowest BCUT2D eigenvalue weighted by molar-refractivity contribution is -0.155. The topological polar surface area (TPSA) is 35.5 Å². The molecule has 0 N–H and O–H groups in total. The summed E-state index contributed by atoms with van der Waals surface area (Å²) in [7, 11) is 0. The standard InChI is InChI=1S/C11H18O3/c1-5-6-8-13-9-7-10(12)14-11(2,3)4/h7-9H2,1-4H3. The van der Waals surface area contributed by atoms with E-state index in [1.807, 2.05) is 20.8 Å². The van der Waals surface area contributed by atoms with Crippen molar-refractivity contribution in [2.75, 3.05) is 13.2 Å². The number of rotatable bonds is 4. The molecule has 0 aromatic rings. The number of esters is 1. The number of hydrogen-bond donors (Lipinski definition) is 0. The highest BCUT2D eigenvalue weighted by Crippen LogP contribution is 2.07. The molecule has 0 aromatic carbocycles. The maximum absolute atomic E-state index is 11.2. The molecule has 0 bridgehead atoms. The second kappa shape index (κ2) is 6.44. The van der Waals surface area contributed by atoms with Crippen LogP contribution in [0.4, 0.5) is 0 Å². The van der Waals surface area contributed by atoms with Gasteiger partial charge in [-0.1, -0.05) is 5.92 Å². The maximum atomic E-state index is 11.2. The van der Waals surface area contributed by atoms with E-state index in [0.29, 0.717) is 13.2 Å². The van der Waals surface area contributed by atoms with Crippen molar-refractivity contribution in [3.8, 4) is 11.8 Å². The van der Waals surface area contributed by atoms with Gasteiger partial charge >= 0.3 is 5.97 Å². The molecule has 0 saturated carbocycles. The molecule has 0 atom stereocenters. The summed E-state index contributed by atoms with van der Waals surface area (Å²) in [6.45, 7) is 8.01. The molecule has 0 aliphatic rings. The minimum atomic E-state index is -0.416. The van der Waals surface area contributed by atoms with E-state index in [2.05, 4.69) is 11.8 Å². The third-order valence-corrected chi connectivity index (χ3v) is 1.22. The molecule has 0 unspecified atom stereocenters. The van der Waals surface area contributed by atoms with Gasteiger partial charge in [-0.2, -0.15) is 0 Å². The first-order valence-corrected chi connectivity index (χ1v) is 4.65. The minimum Gasteiger partial charge on any atom is -0.460 e. The van der Waals surface area contributed by atoms with Gasteiger partial charge in [0, 0.05) is 0 Å². The van der Waals surface area contributed by atoms with Gasteiger partial charge in [-0.3, -0.25) is 4.79 Å². The van der Waals surface area contributed by atoms with Crippen LogP contribution >= 0.6 is 0 Å². The molecule has 0 fully saturated rings. The van der Waals surface area contributed by atoms with Gasteiger partial charge in [0.15, 0.2) is 0 Å². The molecule has 0 radical (unpaired) electrons. The first-order valence-electron chi connectivity index (χ1n) is 4.65. The fourth-order valence-corrected chi connectivity index (χ4v) is 0.743. The molecule has 0 aliphatic carbocycles. The van der Waals surface area contributed by atoms with Crippen molar-refractivity contribution in [2.24, 2.45) is 0 Å². The Morgan fingerprint density at radius 3 is 2.50 bits per heavy atom. The van der Waals surface area contributed by atoms with E-state index < -0.39 is 5.60 Å². The fraction of sp³-hybridized carbons (Fsp3) is 0.727. The molecule has 14 heavy (non-hydrogen) atoms. The van der Waals surface area contributed by atoms with Crippen LogP contribution in [0.15, 0.2) is 0 Å². The molecule has 0 rings (SSSR count). The smallest absolute Gasteiger partial charge is 0.308 e. The zero-order valence-electron chi connectivity index (χ0n) is 9.35. The lowest BCUT2D eigenvalue weighted by Crippen LogP contribution is -2.24. The molecule has 0 spiro atoms. The van der Waals surface area contributed by atoms with E-state index in [-0.39, 0.29) is 12.4 Å². The van der Waals surface area contributed by atoms with Gasteiger partial charge in [0.25, 0.3) is 0 Å². The van der Waals surface area contributed by atoms with Gasteiger partial charge < -0.3 is 9.47 Å². The van der Waals surface area contributed by atoms with Crippen molar-refractivity contribution in [1.82, 2.24) is 0 Å². The Balaban J connectivity index is 3.49. The molecule has 0 aliphatic heterocycles. The molecule has 3 heteroatoms. The largest absolute Gasteiger partial charge is 0.460 e. The van der Waals surface area contributed by atoms with Crippen molar-refractivity contribution in [3.63, 3.8) is 0 Å². The quantitative estimate of drug-likeness (QED) is 0.392. The van der Waals surface area contributed by atoms with Crippen molar-refractivity contribution in [1.29, 1.82) is 0 Å². The van der Waals surface area contributed by atoms with Crippen LogP contribution in [0.3, 0.4) is 0 Å². The van der Waals surface area contributed by atoms with Crippen LogP contribution < -0.4 is 0 Å². The third-order valence-electron chi connectivity index (χ3n) is 1.22. The minimum absolute atomic E-state index is 0.234. The Kier molecular flexibility index (Phi) is 5.98. The Morgan fingerprint density at radius 1 is 1.36 bits per heavy atom. The molecule has 0 saturated heterocycles. The Labute approximate surface area is 85.8 Å². The molecule has 0 heterocycles. The highest BCUT2D eigenvalue weighted by atomic mass is 16.6. The van der Waals surface area contributed by atoms with E-state index in [9.17, 15) is 4.79 Å². The summed E-state index contributed by atoms with van der Waals surface area (Å²) < 4.78 is 10.2. The van der Waals surface area contributed by atoms with Crippen LogP contribution in [-0.2, 0) is 14.3 Å². The molecule has 0 aromatic heterocycles. The van der Waals surface area contributed by atoms with Crippen LogP contribution in [0.25, 0.3) is 0 Å². The summed E-state index contributed by atoms with van der Waals surface area (Å²) >= 11 is 0. The molecule has 0 amide bonds. The number of ether oxygens (including phenoxy) is 2. The summed E-state index contributed by atoms with van der Waals surface area (Å²) in [6.07, 6.45) is 0.280. The fourth-order valence-electron chi connectivity index (χ4n) is 0.743. The molecular weight excluding hydrogens is 180 g/mol. The maximum Gasteiger partial charge on any atom is 0.308 e. The van der Waals surface area contributed by atoms with E-state index in [1.165, 1.54) is 0 Å². The number of carbonyl (C=O) groups is 1. The van der Waals surface area contributed by atoms with Gasteiger partial charge in [0.1, 0.15) is 12.2 Å². The van der Waals surface area contributed by atoms with Crippen molar-refractivity contribution in [3.05, 3.63) is 0 Å². The third kappa shape index (κ3) is 9.08. The molecular formula is C11H18O3. The average Bonchev–Trinajstić information content (AvgIpc) is 2.00. The van der Waals surface area contributed by atoms with Gasteiger partial charge in [-0.05, 0) is 27.7 Å². The lowest BCUT2D eigenvalue weighted by Gasteiger charge is -2.19. The number of hydrogen-bond acceptors (Lipinski definition) is 3. The summed E-state index contributed by atoms with van der Waals surface area (Å²) in [6, 6.07) is 0. The Hall–Kier alpha value is -1.01. The van der Waals surface area contributed by atoms with Crippen LogP contribution in [-0.4, -0.2) is 24.8 Å². The van der Waals surface area contributed by atoms with Crippen molar-refractivity contribution in [2.45, 2.75) is 39.7 Å². The van der Waals surface area contributed by atoms with Gasteiger partial charge in [-0.25, -0.2) is 0 Å². The van der Waals surface area contributed by atoms with Crippen molar-refractivity contribution >= 4 is 5.97 Å². The summed E-state index contributed by atoms with van der Waals surface area (Å²) in [5, 5.41) is 0. The second-order valence-corrected chi connectivity index (χ2v) is 3.82. The Bertz CT molecular complexity index is 227. The van der Waals surface area contributed by atoms with Gasteiger partial charge in [0.05, 0.1) is 13.0 Å². The molecule has 80 valence electrons. The molecule has 3 nitrogen and oxygen atoms in total. The summed E-state index contributed by atoms with van der Waals surface area (Å²) in [5.74, 6) is 5.21. The zero-order chi connectivity index (χ0) is 11.0. The second-order valence-electron chi connectivity index (χ2n) is 3.82. The predicted octanol–water partition coefficient (Wildman–Crippen LogP) is 1.76.